The molecule has 4 nitrogen and oxygen atoms in total. The number of nitrogens with one attached hydrogen (secondary N) is 1. The Morgan fingerprint density at radius 1 is 1.44 bits per heavy atom. The zero-order valence-corrected chi connectivity index (χ0v) is 12.0. The van der Waals surface area contributed by atoms with Gasteiger partial charge in [-0.2, -0.15) is 0 Å². The molecule has 0 radical (unpaired) electrons. The zero-order chi connectivity index (χ0) is 13.3. The molecular formula is C14H26N2O2. The van der Waals surface area contributed by atoms with Crippen molar-refractivity contribution >= 4 is 6.09 Å². The molecule has 0 aromatic carbocycles. The monoisotopic (exact) mass is 254 g/mol. The number of likely N-dealkylation sites (tertiary alicyclic amines) is 1. The predicted octanol–water partition coefficient (Wildman–Crippen LogP) is 2.24. The Kier molecular flexibility index (Phi) is 3.85. The first-order valence-electron chi connectivity index (χ1n) is 7.12. The Balaban J connectivity index is 2.06. The van der Waals surface area contributed by atoms with E-state index >= 15 is 0 Å². The molecule has 0 aromatic heterocycles. The third-order valence-corrected chi connectivity index (χ3v) is 4.05. The first kappa shape index (κ1) is 13.7. The molecule has 104 valence electrons. The van der Waals surface area contributed by atoms with Crippen molar-refractivity contribution in [3.05, 3.63) is 0 Å². The second-order valence-corrected chi connectivity index (χ2v) is 6.53. The second-order valence-electron chi connectivity index (χ2n) is 6.53. The highest BCUT2D eigenvalue weighted by Crippen LogP contribution is 2.36. The average Bonchev–Trinajstić information content (AvgIpc) is 2.65. The summed E-state index contributed by atoms with van der Waals surface area (Å²) in [5.74, 6) is 1.26. The van der Waals surface area contributed by atoms with E-state index in [9.17, 15) is 4.79 Å². The molecule has 0 aromatic rings. The van der Waals surface area contributed by atoms with Gasteiger partial charge in [-0.1, -0.05) is 6.92 Å². The van der Waals surface area contributed by atoms with Crippen molar-refractivity contribution in [1.82, 2.24) is 10.2 Å². The van der Waals surface area contributed by atoms with Gasteiger partial charge in [0, 0.05) is 19.1 Å². The van der Waals surface area contributed by atoms with E-state index in [1.165, 1.54) is 6.42 Å². The number of rotatable bonds is 1. The molecule has 2 aliphatic heterocycles. The molecule has 2 saturated heterocycles. The van der Waals surface area contributed by atoms with Crippen LogP contribution in [0, 0.1) is 11.8 Å². The van der Waals surface area contributed by atoms with Crippen molar-refractivity contribution < 1.29 is 9.53 Å². The minimum absolute atomic E-state index is 0.135. The number of carbonyl (C=O) groups is 1. The molecule has 1 N–H and O–H groups in total. The highest BCUT2D eigenvalue weighted by molar-refractivity contribution is 5.69. The highest BCUT2D eigenvalue weighted by atomic mass is 16.6. The maximum atomic E-state index is 12.3. The van der Waals surface area contributed by atoms with Gasteiger partial charge in [0.1, 0.15) is 5.60 Å². The molecule has 2 fully saturated rings. The van der Waals surface area contributed by atoms with Crippen molar-refractivity contribution in [3.63, 3.8) is 0 Å². The van der Waals surface area contributed by atoms with Gasteiger partial charge in [-0.3, -0.25) is 0 Å². The van der Waals surface area contributed by atoms with E-state index in [2.05, 4.69) is 12.2 Å². The van der Waals surface area contributed by atoms with Gasteiger partial charge in [0.25, 0.3) is 0 Å². The van der Waals surface area contributed by atoms with Crippen LogP contribution in [-0.2, 0) is 4.74 Å². The van der Waals surface area contributed by atoms with Gasteiger partial charge in [0.15, 0.2) is 0 Å². The summed E-state index contributed by atoms with van der Waals surface area (Å²) in [6, 6.07) is 0.345. The predicted molar refractivity (Wildman–Crippen MR) is 71.5 cm³/mol. The maximum Gasteiger partial charge on any atom is 0.410 e. The molecule has 0 bridgehead atoms. The van der Waals surface area contributed by atoms with Crippen LogP contribution in [0.1, 0.15) is 40.5 Å². The Hall–Kier alpha value is -0.770. The van der Waals surface area contributed by atoms with Gasteiger partial charge >= 0.3 is 6.09 Å². The summed E-state index contributed by atoms with van der Waals surface area (Å²) >= 11 is 0. The normalized spacial score (nSPS) is 32.2. The number of fused-ring (bicyclic) bond motifs is 1. The Labute approximate surface area is 110 Å². The van der Waals surface area contributed by atoms with E-state index in [0.29, 0.717) is 17.9 Å². The molecular weight excluding hydrogens is 228 g/mol. The largest absolute Gasteiger partial charge is 0.444 e. The Morgan fingerprint density at radius 2 is 2.17 bits per heavy atom. The van der Waals surface area contributed by atoms with E-state index in [4.69, 9.17) is 4.74 Å². The van der Waals surface area contributed by atoms with Crippen LogP contribution in [-0.4, -0.2) is 42.3 Å². The molecule has 2 aliphatic rings. The smallest absolute Gasteiger partial charge is 0.410 e. The van der Waals surface area contributed by atoms with Gasteiger partial charge in [-0.25, -0.2) is 4.79 Å². The third-order valence-electron chi connectivity index (χ3n) is 4.05. The first-order valence-corrected chi connectivity index (χ1v) is 7.12. The van der Waals surface area contributed by atoms with Crippen molar-refractivity contribution in [1.29, 1.82) is 0 Å². The van der Waals surface area contributed by atoms with Crippen LogP contribution in [0.5, 0.6) is 0 Å². The summed E-state index contributed by atoms with van der Waals surface area (Å²) in [5, 5.41) is 3.45. The lowest BCUT2D eigenvalue weighted by Gasteiger charge is -2.31. The van der Waals surface area contributed by atoms with Gasteiger partial charge in [-0.15, -0.1) is 0 Å². The summed E-state index contributed by atoms with van der Waals surface area (Å²) in [5.41, 5.74) is -0.401. The number of piperidine rings is 1. The van der Waals surface area contributed by atoms with Crippen LogP contribution in [0.25, 0.3) is 0 Å². The lowest BCUT2D eigenvalue weighted by molar-refractivity contribution is 0.0204. The SMILES string of the molecule is CCC1C2CNCCC2CN1C(=O)OC(C)(C)C. The van der Waals surface area contributed by atoms with E-state index < -0.39 is 5.60 Å². The van der Waals surface area contributed by atoms with Crippen molar-refractivity contribution in [2.45, 2.75) is 52.2 Å². The van der Waals surface area contributed by atoms with Crippen LogP contribution in [0.2, 0.25) is 0 Å². The molecule has 1 amide bonds. The maximum absolute atomic E-state index is 12.3. The average molecular weight is 254 g/mol. The topological polar surface area (TPSA) is 41.6 Å². The second kappa shape index (κ2) is 5.08. The van der Waals surface area contributed by atoms with Crippen LogP contribution < -0.4 is 5.32 Å². The standard InChI is InChI=1S/C14H26N2O2/c1-5-12-11-8-15-7-6-10(11)9-16(12)13(17)18-14(2,3)4/h10-12,15H,5-9H2,1-4H3. The van der Waals surface area contributed by atoms with Crippen molar-refractivity contribution in [2.75, 3.05) is 19.6 Å². The summed E-state index contributed by atoms with van der Waals surface area (Å²) in [6.07, 6.45) is 2.06. The van der Waals surface area contributed by atoms with Crippen LogP contribution in [0.4, 0.5) is 4.79 Å². The molecule has 3 atom stereocenters. The summed E-state index contributed by atoms with van der Waals surface area (Å²) in [7, 11) is 0. The van der Waals surface area contributed by atoms with E-state index in [0.717, 1.165) is 26.1 Å². The number of amides is 1. The van der Waals surface area contributed by atoms with Crippen LogP contribution in [0.3, 0.4) is 0 Å². The van der Waals surface area contributed by atoms with E-state index in [-0.39, 0.29) is 6.09 Å². The van der Waals surface area contributed by atoms with Crippen LogP contribution in [0.15, 0.2) is 0 Å². The Morgan fingerprint density at radius 3 is 2.78 bits per heavy atom. The molecule has 0 saturated carbocycles. The fourth-order valence-corrected chi connectivity index (χ4v) is 3.29. The van der Waals surface area contributed by atoms with Gasteiger partial charge in [-0.05, 0) is 52.0 Å². The summed E-state index contributed by atoms with van der Waals surface area (Å²) in [4.78, 5) is 14.2. The van der Waals surface area contributed by atoms with Crippen molar-refractivity contribution in [2.24, 2.45) is 11.8 Å². The number of ether oxygens (including phenoxy) is 1. The minimum Gasteiger partial charge on any atom is -0.444 e. The lowest BCUT2D eigenvalue weighted by Crippen LogP contribution is -2.43. The molecule has 2 heterocycles. The van der Waals surface area contributed by atoms with Gasteiger partial charge in [0.05, 0.1) is 0 Å². The summed E-state index contributed by atoms with van der Waals surface area (Å²) in [6.45, 7) is 10.9. The molecule has 3 unspecified atom stereocenters. The fraction of sp³-hybridized carbons (Fsp3) is 0.929. The molecule has 2 rings (SSSR count). The van der Waals surface area contributed by atoms with Crippen LogP contribution >= 0.6 is 0 Å². The molecule has 4 heteroatoms. The van der Waals surface area contributed by atoms with Gasteiger partial charge in [0.2, 0.25) is 0 Å². The minimum atomic E-state index is -0.401. The molecule has 0 aliphatic carbocycles. The summed E-state index contributed by atoms with van der Waals surface area (Å²) < 4.78 is 5.53. The zero-order valence-electron chi connectivity index (χ0n) is 12.0. The van der Waals surface area contributed by atoms with Gasteiger partial charge < -0.3 is 15.0 Å². The fourth-order valence-electron chi connectivity index (χ4n) is 3.29. The third kappa shape index (κ3) is 2.79. The molecule has 18 heavy (non-hydrogen) atoms. The number of carbonyl (C=O) groups excluding carboxylic acids is 1. The number of hydrogen-bond donors (Lipinski definition) is 1. The Bertz CT molecular complexity index is 311. The first-order chi connectivity index (χ1) is 8.42. The lowest BCUT2D eigenvalue weighted by atomic mass is 9.85. The quantitative estimate of drug-likeness (QED) is 0.780. The van der Waals surface area contributed by atoms with E-state index in [1.807, 2.05) is 25.7 Å². The van der Waals surface area contributed by atoms with Crippen molar-refractivity contribution in [3.8, 4) is 0 Å². The molecule has 0 spiro atoms. The number of nitrogens with zero attached hydrogens (tertiary/aromatic N) is 1. The number of hydrogen-bond acceptors (Lipinski definition) is 3. The highest BCUT2D eigenvalue weighted by Gasteiger charge is 2.44. The van der Waals surface area contributed by atoms with E-state index in [1.54, 1.807) is 0 Å².